The number of alkyl carbamates (subject to hydrolysis) is 1. The molecule has 0 saturated carbocycles. The van der Waals surface area contributed by atoms with Crippen molar-refractivity contribution in [2.75, 3.05) is 5.75 Å². The van der Waals surface area contributed by atoms with Gasteiger partial charge in [0.25, 0.3) is 0 Å². The van der Waals surface area contributed by atoms with E-state index in [9.17, 15) is 38.7 Å². The van der Waals surface area contributed by atoms with Gasteiger partial charge < -0.3 is 44.5 Å². The Balaban J connectivity index is 3.30. The number of thioether (sulfide) groups is 1. The van der Waals surface area contributed by atoms with Gasteiger partial charge in [0.1, 0.15) is 23.1 Å². The van der Waals surface area contributed by atoms with Gasteiger partial charge in [-0.3, -0.25) is 24.0 Å². The molecule has 1 rings (SSSR count). The fraction of sp³-hybridized carbons (Fsp3) is 0.720. The Morgan fingerprint density at radius 3 is 1.83 bits per heavy atom. The number of nitrogens with one attached hydrogen (secondary N) is 2. The molecular weight excluding hydrogens is 584 g/mol. The van der Waals surface area contributed by atoms with Crippen LogP contribution in [0.2, 0.25) is 0 Å². The van der Waals surface area contributed by atoms with Crippen molar-refractivity contribution in [1.29, 1.82) is 0 Å². The van der Waals surface area contributed by atoms with Crippen LogP contribution in [-0.2, 0) is 52.5 Å². The molecular formula is C25H38N2O14S. The lowest BCUT2D eigenvalue weighted by atomic mass is 10.00. The van der Waals surface area contributed by atoms with Crippen LogP contribution in [0.5, 0.6) is 0 Å². The lowest BCUT2D eigenvalue weighted by Gasteiger charge is -2.43. The monoisotopic (exact) mass is 622 g/mol. The minimum absolute atomic E-state index is 0.309. The van der Waals surface area contributed by atoms with E-state index in [1.165, 1.54) is 6.92 Å². The van der Waals surface area contributed by atoms with Gasteiger partial charge in [-0.2, -0.15) is 0 Å². The van der Waals surface area contributed by atoms with E-state index in [-0.39, 0.29) is 5.75 Å². The number of carboxylic acids is 2. The fourth-order valence-corrected chi connectivity index (χ4v) is 5.00. The Bertz CT molecular complexity index is 1030. The maximum Gasteiger partial charge on any atom is 0.408 e. The van der Waals surface area contributed by atoms with Gasteiger partial charge >= 0.3 is 35.9 Å². The lowest BCUT2D eigenvalue weighted by Crippen LogP contribution is -2.60. The number of hydrogen-bond acceptors (Lipinski definition) is 13. The topological polar surface area (TPSA) is 230 Å². The van der Waals surface area contributed by atoms with E-state index < -0.39 is 102 Å². The van der Waals surface area contributed by atoms with E-state index in [1.54, 1.807) is 20.8 Å². The number of carboxylic acid groups (broad SMARTS) is 2. The first-order chi connectivity index (χ1) is 19.3. The van der Waals surface area contributed by atoms with Crippen LogP contribution in [0.25, 0.3) is 0 Å². The summed E-state index contributed by atoms with van der Waals surface area (Å²) in [6.45, 7) is 9.59. The molecule has 1 fully saturated rings. The molecule has 0 aromatic heterocycles. The van der Waals surface area contributed by atoms with Gasteiger partial charge in [0, 0.05) is 32.9 Å². The fourth-order valence-electron chi connectivity index (χ4n) is 3.73. The van der Waals surface area contributed by atoms with Crippen LogP contribution in [0.4, 0.5) is 4.79 Å². The Labute approximate surface area is 246 Å². The van der Waals surface area contributed by atoms with E-state index in [4.69, 9.17) is 28.8 Å². The van der Waals surface area contributed by atoms with Gasteiger partial charge in [-0.1, -0.05) is 0 Å². The summed E-state index contributed by atoms with van der Waals surface area (Å²) in [5, 5.41) is 22.9. The van der Waals surface area contributed by atoms with Crippen LogP contribution in [-0.4, -0.2) is 105 Å². The first-order valence-corrected chi connectivity index (χ1v) is 13.9. The van der Waals surface area contributed by atoms with E-state index in [2.05, 4.69) is 10.6 Å². The van der Waals surface area contributed by atoms with Gasteiger partial charge in [-0.25, -0.2) is 9.59 Å². The first-order valence-electron chi connectivity index (χ1n) is 12.8. The van der Waals surface area contributed by atoms with Crippen LogP contribution in [0, 0.1) is 0 Å². The Hall–Kier alpha value is -3.60. The summed E-state index contributed by atoms with van der Waals surface area (Å²) in [5.74, 6) is -6.32. The van der Waals surface area contributed by atoms with Gasteiger partial charge in [0.15, 0.2) is 18.3 Å². The summed E-state index contributed by atoms with van der Waals surface area (Å²) >= 11 is 0.849. The predicted octanol–water partition coefficient (Wildman–Crippen LogP) is 0.587. The van der Waals surface area contributed by atoms with Crippen LogP contribution >= 0.6 is 11.8 Å². The molecule has 0 radical (unpaired) electrons. The molecule has 0 unspecified atom stereocenters. The lowest BCUT2D eigenvalue weighted by molar-refractivity contribution is -0.229. The second-order valence-electron chi connectivity index (χ2n) is 10.3. The summed E-state index contributed by atoms with van der Waals surface area (Å²) in [6.07, 6.45) is -6.66. The number of esters is 3. The average Bonchev–Trinajstić information content (AvgIpc) is 2.81. The number of ether oxygens (including phenoxy) is 5. The van der Waals surface area contributed by atoms with Crippen molar-refractivity contribution in [2.24, 2.45) is 0 Å². The third kappa shape index (κ3) is 12.9. The molecule has 0 aliphatic carbocycles. The van der Waals surface area contributed by atoms with Crippen LogP contribution in [0.3, 0.4) is 0 Å². The van der Waals surface area contributed by atoms with Crippen molar-refractivity contribution in [1.82, 2.24) is 10.6 Å². The van der Waals surface area contributed by atoms with Gasteiger partial charge in [0.05, 0.1) is 6.10 Å². The molecule has 4 N–H and O–H groups in total. The number of carbonyl (C=O) groups is 7. The first kappa shape index (κ1) is 36.4. The zero-order valence-corrected chi connectivity index (χ0v) is 25.2. The molecule has 17 heteroatoms. The second kappa shape index (κ2) is 16.1. The summed E-state index contributed by atoms with van der Waals surface area (Å²) in [6, 6.07) is -3.04. The zero-order chi connectivity index (χ0) is 32.4. The van der Waals surface area contributed by atoms with E-state index >= 15 is 0 Å². The maximum absolute atomic E-state index is 13.1. The van der Waals surface area contributed by atoms with E-state index in [0.717, 1.165) is 32.5 Å². The van der Waals surface area contributed by atoms with E-state index in [0.29, 0.717) is 0 Å². The number of amides is 2. The highest BCUT2D eigenvalue weighted by Crippen LogP contribution is 2.34. The molecule has 1 aliphatic heterocycles. The van der Waals surface area contributed by atoms with Crippen LogP contribution < -0.4 is 10.6 Å². The van der Waals surface area contributed by atoms with Crippen molar-refractivity contribution in [2.45, 2.75) is 109 Å². The SMILES string of the molecule is CC(=O)O[C@@H]1[C@H](OC(C)=O)[C@H](C)O[C@@H](SC[C@@H](NC(=O)OC(C)(C)C)C(=O)N[C@@H](CCC(=O)O)C(=O)O)[C@H]1OC(C)=O. The Kier molecular flexibility index (Phi) is 14.0. The summed E-state index contributed by atoms with van der Waals surface area (Å²) in [7, 11) is 0. The standard InChI is InChI=1S/C25H38N2O14S/c1-11-18(38-12(2)28)19(39-13(3)29)20(40-14(4)30)23(37-11)42-10-16(27-24(36)41-25(5,6)7)21(33)26-15(22(34)35)8-9-17(31)32/h11,15-16,18-20,23H,8-10H2,1-7H3,(H,26,33)(H,27,36)(H,31,32)(H,34,35)/t11-,15-,16+,18+,19+,20-,23-/m0/s1. The zero-order valence-electron chi connectivity index (χ0n) is 24.4. The van der Waals surface area contributed by atoms with Crippen molar-refractivity contribution < 1.29 is 67.5 Å². The smallest absolute Gasteiger partial charge is 0.408 e. The number of carbonyl (C=O) groups excluding carboxylic acids is 5. The molecule has 42 heavy (non-hydrogen) atoms. The normalized spacial score (nSPS) is 23.4. The third-order valence-corrected chi connectivity index (χ3v) is 6.56. The van der Waals surface area contributed by atoms with Crippen molar-refractivity contribution in [3.05, 3.63) is 0 Å². The maximum atomic E-state index is 13.1. The number of rotatable bonds is 13. The van der Waals surface area contributed by atoms with Crippen LogP contribution in [0.1, 0.15) is 61.3 Å². The van der Waals surface area contributed by atoms with Gasteiger partial charge in [0.2, 0.25) is 5.91 Å². The largest absolute Gasteiger partial charge is 0.481 e. The summed E-state index contributed by atoms with van der Waals surface area (Å²) in [4.78, 5) is 83.7. The highest BCUT2D eigenvalue weighted by Gasteiger charge is 2.50. The molecule has 0 aromatic carbocycles. The molecule has 0 bridgehead atoms. The summed E-state index contributed by atoms with van der Waals surface area (Å²) in [5.41, 5.74) is -2.08. The van der Waals surface area contributed by atoms with Crippen molar-refractivity contribution >= 4 is 53.6 Å². The third-order valence-electron chi connectivity index (χ3n) is 5.33. The molecule has 1 aliphatic rings. The molecule has 2 amide bonds. The van der Waals surface area contributed by atoms with Gasteiger partial charge in [-0.05, 0) is 34.1 Å². The molecule has 238 valence electrons. The van der Waals surface area contributed by atoms with E-state index in [1.807, 2.05) is 0 Å². The average molecular weight is 623 g/mol. The van der Waals surface area contributed by atoms with Crippen LogP contribution in [0.15, 0.2) is 0 Å². The molecule has 0 spiro atoms. The second-order valence-corrected chi connectivity index (χ2v) is 11.4. The summed E-state index contributed by atoms with van der Waals surface area (Å²) < 4.78 is 27.1. The van der Waals surface area contributed by atoms with Crippen molar-refractivity contribution in [3.8, 4) is 0 Å². The minimum atomic E-state index is -1.58. The molecule has 0 aromatic rings. The number of hydrogen-bond donors (Lipinski definition) is 4. The van der Waals surface area contributed by atoms with Gasteiger partial charge in [-0.15, -0.1) is 11.8 Å². The Morgan fingerprint density at radius 2 is 1.36 bits per heavy atom. The van der Waals surface area contributed by atoms with Crippen molar-refractivity contribution in [3.63, 3.8) is 0 Å². The predicted molar refractivity (Wildman–Crippen MR) is 143 cm³/mol. The highest BCUT2D eigenvalue weighted by atomic mass is 32.2. The number of aliphatic carboxylic acids is 2. The quantitative estimate of drug-likeness (QED) is 0.163. The molecule has 1 heterocycles. The molecule has 16 nitrogen and oxygen atoms in total. The molecule has 7 atom stereocenters. The minimum Gasteiger partial charge on any atom is -0.481 e. The Morgan fingerprint density at radius 1 is 0.833 bits per heavy atom. The molecule has 1 saturated heterocycles. The highest BCUT2D eigenvalue weighted by molar-refractivity contribution is 7.99.